The number of hydrogen-bond acceptors (Lipinski definition) is 3. The minimum atomic E-state index is -1.09. The third-order valence-corrected chi connectivity index (χ3v) is 6.28. The standard InChI is InChI=1S/C22H30N2O3/c1-16-14-19(20(22(26)27)15-17(16)2)21(25)24-12-10-23(11-13-24)9-8-18-6-4-3-5-7-18/h3-7,19-20H,8-15H2,1-2H3,(H,26,27)/t19-,20-/m1/s1. The Bertz CT molecular complexity index is 706. The predicted octanol–water partition coefficient (Wildman–Crippen LogP) is 0.0687. The highest BCUT2D eigenvalue weighted by molar-refractivity contribution is 5.85. The quantitative estimate of drug-likeness (QED) is 0.746. The number of amides is 1. The van der Waals surface area contributed by atoms with Crippen LogP contribution in [0.3, 0.4) is 0 Å². The zero-order valence-corrected chi connectivity index (χ0v) is 16.4. The lowest BCUT2D eigenvalue weighted by Gasteiger charge is -2.38. The lowest BCUT2D eigenvalue weighted by molar-refractivity contribution is -0.903. The van der Waals surface area contributed by atoms with Crippen LogP contribution in [0.25, 0.3) is 0 Å². The Labute approximate surface area is 161 Å². The van der Waals surface area contributed by atoms with Crippen molar-refractivity contribution in [3.8, 4) is 0 Å². The summed E-state index contributed by atoms with van der Waals surface area (Å²) in [5, 5.41) is 11.6. The van der Waals surface area contributed by atoms with Crippen LogP contribution in [0.2, 0.25) is 0 Å². The topological polar surface area (TPSA) is 64.9 Å². The molecule has 27 heavy (non-hydrogen) atoms. The number of benzene rings is 1. The summed E-state index contributed by atoms with van der Waals surface area (Å²) < 4.78 is 0. The van der Waals surface area contributed by atoms with Gasteiger partial charge >= 0.3 is 0 Å². The van der Waals surface area contributed by atoms with Gasteiger partial charge in [-0.05, 0) is 32.3 Å². The van der Waals surface area contributed by atoms with Gasteiger partial charge in [0.15, 0.2) is 0 Å². The van der Waals surface area contributed by atoms with E-state index in [0.717, 1.165) is 37.2 Å². The van der Waals surface area contributed by atoms with Crippen molar-refractivity contribution >= 4 is 11.9 Å². The summed E-state index contributed by atoms with van der Waals surface area (Å²) in [6.45, 7) is 8.30. The van der Waals surface area contributed by atoms with Crippen molar-refractivity contribution in [3.63, 3.8) is 0 Å². The lowest BCUT2D eigenvalue weighted by Crippen LogP contribution is -3.15. The number of nitrogens with zero attached hydrogens (tertiary/aromatic N) is 1. The Morgan fingerprint density at radius 1 is 1.04 bits per heavy atom. The van der Waals surface area contributed by atoms with Crippen LogP contribution in [0.5, 0.6) is 0 Å². The Morgan fingerprint density at radius 2 is 1.63 bits per heavy atom. The fourth-order valence-electron chi connectivity index (χ4n) is 4.29. The molecule has 1 amide bonds. The molecule has 0 unspecified atom stereocenters. The van der Waals surface area contributed by atoms with Crippen LogP contribution in [0.4, 0.5) is 0 Å². The van der Waals surface area contributed by atoms with E-state index < -0.39 is 17.8 Å². The van der Waals surface area contributed by atoms with Gasteiger partial charge < -0.3 is 19.7 Å². The smallest absolute Gasteiger partial charge is 0.227 e. The Morgan fingerprint density at radius 3 is 2.22 bits per heavy atom. The van der Waals surface area contributed by atoms with Crippen LogP contribution in [-0.2, 0) is 16.0 Å². The lowest BCUT2D eigenvalue weighted by atomic mass is 9.76. The number of quaternary nitrogens is 1. The van der Waals surface area contributed by atoms with Gasteiger partial charge in [0, 0.05) is 18.3 Å². The number of aliphatic carboxylic acids is 1. The second-order valence-corrected chi connectivity index (χ2v) is 8.06. The number of rotatable bonds is 5. The van der Waals surface area contributed by atoms with Crippen molar-refractivity contribution in [1.29, 1.82) is 0 Å². The SMILES string of the molecule is CC1=C(C)C[C@@H](C(=O)N2CC[NH+](CCc3ccccc3)CC2)[C@H](C(=O)[O-])C1. The van der Waals surface area contributed by atoms with Crippen molar-refractivity contribution in [2.45, 2.75) is 33.1 Å². The largest absolute Gasteiger partial charge is 0.550 e. The summed E-state index contributed by atoms with van der Waals surface area (Å²) in [4.78, 5) is 28.0. The number of hydrogen-bond donors (Lipinski definition) is 1. The molecule has 0 bridgehead atoms. The Balaban J connectivity index is 1.54. The second kappa shape index (κ2) is 8.70. The van der Waals surface area contributed by atoms with Gasteiger partial charge in [-0.25, -0.2) is 0 Å². The molecule has 146 valence electrons. The highest BCUT2D eigenvalue weighted by atomic mass is 16.4. The average Bonchev–Trinajstić information content (AvgIpc) is 2.68. The highest BCUT2D eigenvalue weighted by Gasteiger charge is 2.37. The van der Waals surface area contributed by atoms with E-state index in [4.69, 9.17) is 0 Å². The summed E-state index contributed by atoms with van der Waals surface area (Å²) in [6.07, 6.45) is 2.03. The third-order valence-electron chi connectivity index (χ3n) is 6.28. The fourth-order valence-corrected chi connectivity index (χ4v) is 4.29. The minimum absolute atomic E-state index is 0.00170. The molecule has 1 fully saturated rings. The first-order valence-electron chi connectivity index (χ1n) is 9.98. The van der Waals surface area contributed by atoms with E-state index in [2.05, 4.69) is 24.3 Å². The van der Waals surface area contributed by atoms with Crippen LogP contribution in [0.15, 0.2) is 41.5 Å². The van der Waals surface area contributed by atoms with E-state index in [1.165, 1.54) is 10.5 Å². The van der Waals surface area contributed by atoms with Gasteiger partial charge in [-0.1, -0.05) is 41.5 Å². The zero-order chi connectivity index (χ0) is 19.4. The molecule has 5 nitrogen and oxygen atoms in total. The molecule has 1 aliphatic carbocycles. The van der Waals surface area contributed by atoms with Gasteiger partial charge in [-0.2, -0.15) is 0 Å². The van der Waals surface area contributed by atoms with E-state index in [0.29, 0.717) is 25.9 Å². The van der Waals surface area contributed by atoms with Gasteiger partial charge in [0.2, 0.25) is 5.91 Å². The van der Waals surface area contributed by atoms with E-state index >= 15 is 0 Å². The second-order valence-electron chi connectivity index (χ2n) is 8.06. The van der Waals surface area contributed by atoms with Gasteiger partial charge in [0.1, 0.15) is 0 Å². The van der Waals surface area contributed by atoms with E-state index in [9.17, 15) is 14.7 Å². The molecule has 1 aromatic carbocycles. The number of nitrogens with one attached hydrogen (secondary N) is 1. The number of carbonyl (C=O) groups excluding carboxylic acids is 2. The van der Waals surface area contributed by atoms with Crippen LogP contribution in [-0.4, -0.2) is 49.5 Å². The molecular formula is C22H30N2O3. The molecule has 0 aromatic heterocycles. The third kappa shape index (κ3) is 4.78. The molecule has 1 aliphatic heterocycles. The normalized spacial score (nSPS) is 24.1. The van der Waals surface area contributed by atoms with Crippen molar-refractivity contribution in [2.75, 3.05) is 32.7 Å². The van der Waals surface area contributed by atoms with Crippen molar-refractivity contribution in [2.24, 2.45) is 11.8 Å². The first-order chi connectivity index (χ1) is 13.0. The molecule has 2 aliphatic rings. The summed E-state index contributed by atoms with van der Waals surface area (Å²) in [5.74, 6) is -2.25. The molecule has 1 saturated heterocycles. The summed E-state index contributed by atoms with van der Waals surface area (Å²) in [7, 11) is 0. The molecule has 0 spiro atoms. The van der Waals surface area contributed by atoms with Crippen LogP contribution in [0, 0.1) is 11.8 Å². The van der Waals surface area contributed by atoms with Crippen LogP contribution < -0.4 is 10.0 Å². The minimum Gasteiger partial charge on any atom is -0.550 e. The first-order valence-corrected chi connectivity index (χ1v) is 9.98. The van der Waals surface area contributed by atoms with E-state index in [-0.39, 0.29) is 5.91 Å². The molecule has 0 saturated carbocycles. The maximum Gasteiger partial charge on any atom is 0.227 e. The zero-order valence-electron chi connectivity index (χ0n) is 16.4. The van der Waals surface area contributed by atoms with Crippen LogP contribution >= 0.6 is 0 Å². The van der Waals surface area contributed by atoms with Gasteiger partial charge in [-0.3, -0.25) is 4.79 Å². The summed E-state index contributed by atoms with van der Waals surface area (Å²) >= 11 is 0. The maximum atomic E-state index is 13.0. The monoisotopic (exact) mass is 370 g/mol. The Kier molecular flexibility index (Phi) is 6.32. The number of carboxylic acid groups (broad SMARTS) is 1. The van der Waals surface area contributed by atoms with Crippen molar-refractivity contribution in [3.05, 3.63) is 47.0 Å². The molecule has 5 heteroatoms. The van der Waals surface area contributed by atoms with E-state index in [1.807, 2.05) is 24.8 Å². The molecule has 0 radical (unpaired) electrons. The van der Waals surface area contributed by atoms with Crippen LogP contribution in [0.1, 0.15) is 32.3 Å². The molecule has 3 rings (SSSR count). The number of carbonyl (C=O) groups is 2. The predicted molar refractivity (Wildman–Crippen MR) is 102 cm³/mol. The molecular weight excluding hydrogens is 340 g/mol. The number of allylic oxidation sites excluding steroid dienone is 2. The van der Waals surface area contributed by atoms with E-state index in [1.54, 1.807) is 0 Å². The van der Waals surface area contributed by atoms with Crippen molar-refractivity contribution in [1.82, 2.24) is 4.90 Å². The van der Waals surface area contributed by atoms with Gasteiger partial charge in [0.25, 0.3) is 0 Å². The maximum absolute atomic E-state index is 13.0. The first kappa shape index (κ1) is 19.6. The summed E-state index contributed by atoms with van der Waals surface area (Å²) in [6, 6.07) is 10.5. The molecule has 1 N–H and O–H groups in total. The fraction of sp³-hybridized carbons (Fsp3) is 0.545. The molecule has 2 atom stereocenters. The van der Waals surface area contributed by atoms with Gasteiger partial charge in [0.05, 0.1) is 38.6 Å². The molecule has 1 aromatic rings. The summed E-state index contributed by atoms with van der Waals surface area (Å²) in [5.41, 5.74) is 3.58. The number of piperazine rings is 1. The highest BCUT2D eigenvalue weighted by Crippen LogP contribution is 2.35. The van der Waals surface area contributed by atoms with Gasteiger partial charge in [-0.15, -0.1) is 0 Å². The average molecular weight is 370 g/mol. The molecule has 1 heterocycles. The van der Waals surface area contributed by atoms with Crippen molar-refractivity contribution < 1.29 is 19.6 Å². The number of carboxylic acids is 1. The Hall–Kier alpha value is -2.14.